The van der Waals surface area contributed by atoms with E-state index in [-0.39, 0.29) is 11.8 Å². The minimum absolute atomic E-state index is 0.0853. The Hall–Kier alpha value is -1.88. The van der Waals surface area contributed by atoms with Crippen LogP contribution in [-0.4, -0.2) is 38.5 Å². The molecule has 1 heterocycles. The molecule has 0 atom stereocenters. The van der Waals surface area contributed by atoms with E-state index in [0.29, 0.717) is 24.4 Å². The third-order valence-corrected chi connectivity index (χ3v) is 4.39. The molecule has 1 aliphatic rings. The lowest BCUT2D eigenvalue weighted by molar-refractivity contribution is -0.121. The fraction of sp³-hybridized carbons (Fsp3) is 0.556. The number of piperidine rings is 1. The Kier molecular flexibility index (Phi) is 7.07. The quantitative estimate of drug-likeness (QED) is 0.713. The summed E-state index contributed by atoms with van der Waals surface area (Å²) >= 11 is 0. The van der Waals surface area contributed by atoms with Crippen molar-refractivity contribution in [3.63, 3.8) is 0 Å². The lowest BCUT2D eigenvalue weighted by atomic mass is 9.93. The minimum atomic E-state index is -0.0853. The van der Waals surface area contributed by atoms with Crippen molar-refractivity contribution < 1.29 is 9.59 Å². The summed E-state index contributed by atoms with van der Waals surface area (Å²) < 4.78 is 0. The molecule has 1 fully saturated rings. The van der Waals surface area contributed by atoms with E-state index < -0.39 is 0 Å². The highest BCUT2D eigenvalue weighted by atomic mass is 16.2. The molecule has 1 saturated heterocycles. The second kappa shape index (κ2) is 9.30. The Labute approximate surface area is 138 Å². The molecule has 0 aliphatic carbocycles. The van der Waals surface area contributed by atoms with E-state index in [9.17, 15) is 9.59 Å². The number of amides is 2. The van der Waals surface area contributed by atoms with Crippen molar-refractivity contribution in [1.82, 2.24) is 16.0 Å². The van der Waals surface area contributed by atoms with Gasteiger partial charge < -0.3 is 16.0 Å². The SMILES string of the molecule is CNC(=O)c1cccc(CCNC(=O)CCC2CCNCC2)c1. The summed E-state index contributed by atoms with van der Waals surface area (Å²) in [6, 6.07) is 7.52. The van der Waals surface area contributed by atoms with Gasteiger partial charge in [-0.1, -0.05) is 12.1 Å². The van der Waals surface area contributed by atoms with E-state index in [4.69, 9.17) is 0 Å². The number of carbonyl (C=O) groups is 2. The summed E-state index contributed by atoms with van der Waals surface area (Å²) in [7, 11) is 1.62. The number of rotatable bonds is 7. The van der Waals surface area contributed by atoms with Crippen LogP contribution in [0, 0.1) is 5.92 Å². The molecular formula is C18H27N3O2. The van der Waals surface area contributed by atoms with Gasteiger partial charge in [-0.2, -0.15) is 0 Å². The van der Waals surface area contributed by atoms with Crippen molar-refractivity contribution in [3.05, 3.63) is 35.4 Å². The lowest BCUT2D eigenvalue weighted by Crippen LogP contribution is -2.30. The summed E-state index contributed by atoms with van der Waals surface area (Å²) in [5.74, 6) is 0.732. The van der Waals surface area contributed by atoms with Gasteiger partial charge in [0.05, 0.1) is 0 Å². The molecule has 0 saturated carbocycles. The highest BCUT2D eigenvalue weighted by Crippen LogP contribution is 2.17. The normalized spacial score (nSPS) is 15.2. The zero-order chi connectivity index (χ0) is 16.5. The van der Waals surface area contributed by atoms with Crippen molar-refractivity contribution in [2.24, 2.45) is 5.92 Å². The number of carbonyl (C=O) groups excluding carboxylic acids is 2. The van der Waals surface area contributed by atoms with E-state index in [1.54, 1.807) is 13.1 Å². The molecular weight excluding hydrogens is 290 g/mol. The van der Waals surface area contributed by atoms with Crippen LogP contribution in [0.3, 0.4) is 0 Å². The number of nitrogens with one attached hydrogen (secondary N) is 3. The first-order valence-corrected chi connectivity index (χ1v) is 8.47. The van der Waals surface area contributed by atoms with Crippen molar-refractivity contribution >= 4 is 11.8 Å². The largest absolute Gasteiger partial charge is 0.356 e. The molecule has 1 aromatic carbocycles. The minimum Gasteiger partial charge on any atom is -0.356 e. The van der Waals surface area contributed by atoms with E-state index >= 15 is 0 Å². The Morgan fingerprint density at radius 3 is 2.78 bits per heavy atom. The van der Waals surface area contributed by atoms with Crippen molar-refractivity contribution in [1.29, 1.82) is 0 Å². The molecule has 2 rings (SSSR count). The third kappa shape index (κ3) is 6.02. The van der Waals surface area contributed by atoms with Crippen LogP contribution < -0.4 is 16.0 Å². The van der Waals surface area contributed by atoms with Gasteiger partial charge in [0.25, 0.3) is 5.91 Å². The van der Waals surface area contributed by atoms with Crippen molar-refractivity contribution in [2.75, 3.05) is 26.7 Å². The van der Waals surface area contributed by atoms with Crippen molar-refractivity contribution in [2.45, 2.75) is 32.1 Å². The van der Waals surface area contributed by atoms with Gasteiger partial charge in [-0.15, -0.1) is 0 Å². The van der Waals surface area contributed by atoms with Crippen molar-refractivity contribution in [3.8, 4) is 0 Å². The lowest BCUT2D eigenvalue weighted by Gasteiger charge is -2.22. The predicted octanol–water partition coefficient (Wildman–Crippen LogP) is 1.48. The highest BCUT2D eigenvalue weighted by Gasteiger charge is 2.14. The van der Waals surface area contributed by atoms with Crippen LogP contribution in [0.25, 0.3) is 0 Å². The molecule has 2 amide bonds. The molecule has 0 spiro atoms. The van der Waals surface area contributed by atoms with E-state index in [1.807, 2.05) is 18.2 Å². The maximum absolute atomic E-state index is 11.9. The topological polar surface area (TPSA) is 70.2 Å². The van der Waals surface area contributed by atoms with Gasteiger partial charge in [-0.05, 0) is 62.4 Å². The monoisotopic (exact) mass is 317 g/mol. The molecule has 1 aromatic rings. The van der Waals surface area contributed by atoms with Crippen LogP contribution in [0.2, 0.25) is 0 Å². The van der Waals surface area contributed by atoms with E-state index in [2.05, 4.69) is 16.0 Å². The van der Waals surface area contributed by atoms with Crippen LogP contribution in [0.15, 0.2) is 24.3 Å². The predicted molar refractivity (Wildman–Crippen MR) is 91.4 cm³/mol. The first-order chi connectivity index (χ1) is 11.2. The van der Waals surface area contributed by atoms with Gasteiger partial charge in [-0.25, -0.2) is 0 Å². The van der Waals surface area contributed by atoms with Crippen LogP contribution >= 0.6 is 0 Å². The smallest absolute Gasteiger partial charge is 0.251 e. The molecule has 23 heavy (non-hydrogen) atoms. The van der Waals surface area contributed by atoms with Gasteiger partial charge in [0.2, 0.25) is 5.91 Å². The number of benzene rings is 1. The second-order valence-corrected chi connectivity index (χ2v) is 6.11. The van der Waals surface area contributed by atoms with Crippen LogP contribution in [0.1, 0.15) is 41.6 Å². The van der Waals surface area contributed by atoms with Crippen LogP contribution in [-0.2, 0) is 11.2 Å². The Morgan fingerprint density at radius 1 is 1.26 bits per heavy atom. The Bertz CT molecular complexity index is 525. The van der Waals surface area contributed by atoms with Gasteiger partial charge >= 0.3 is 0 Å². The molecule has 5 nitrogen and oxygen atoms in total. The van der Waals surface area contributed by atoms with Gasteiger partial charge in [0, 0.05) is 25.6 Å². The van der Waals surface area contributed by atoms with Gasteiger partial charge in [-0.3, -0.25) is 9.59 Å². The summed E-state index contributed by atoms with van der Waals surface area (Å²) in [5, 5.41) is 8.94. The summed E-state index contributed by atoms with van der Waals surface area (Å²) in [6.45, 7) is 2.77. The standard InChI is InChI=1S/C18H27N3O2/c1-19-18(23)16-4-2-3-15(13-16)9-12-21-17(22)6-5-14-7-10-20-11-8-14/h2-4,13-14,20H,5-12H2,1H3,(H,19,23)(H,21,22). The Morgan fingerprint density at radius 2 is 2.04 bits per heavy atom. The first kappa shape index (κ1) is 17.5. The zero-order valence-electron chi connectivity index (χ0n) is 13.9. The first-order valence-electron chi connectivity index (χ1n) is 8.47. The molecule has 0 radical (unpaired) electrons. The fourth-order valence-electron chi connectivity index (χ4n) is 2.95. The van der Waals surface area contributed by atoms with Gasteiger partial charge in [0.15, 0.2) is 0 Å². The van der Waals surface area contributed by atoms with E-state index in [1.165, 1.54) is 12.8 Å². The highest BCUT2D eigenvalue weighted by molar-refractivity contribution is 5.94. The third-order valence-electron chi connectivity index (χ3n) is 4.39. The number of hydrogen-bond acceptors (Lipinski definition) is 3. The molecule has 0 unspecified atom stereocenters. The maximum atomic E-state index is 11.9. The number of hydrogen-bond donors (Lipinski definition) is 3. The fourth-order valence-corrected chi connectivity index (χ4v) is 2.95. The van der Waals surface area contributed by atoms with E-state index in [0.717, 1.165) is 31.5 Å². The summed E-state index contributed by atoms with van der Waals surface area (Å²) in [5.41, 5.74) is 1.71. The molecule has 3 N–H and O–H groups in total. The zero-order valence-corrected chi connectivity index (χ0v) is 13.9. The summed E-state index contributed by atoms with van der Waals surface area (Å²) in [4.78, 5) is 23.5. The molecule has 1 aliphatic heterocycles. The summed E-state index contributed by atoms with van der Waals surface area (Å²) in [6.07, 6.45) is 4.70. The maximum Gasteiger partial charge on any atom is 0.251 e. The average molecular weight is 317 g/mol. The Balaban J connectivity index is 1.67. The molecule has 126 valence electrons. The van der Waals surface area contributed by atoms with Crippen LogP contribution in [0.4, 0.5) is 0 Å². The second-order valence-electron chi connectivity index (χ2n) is 6.11. The average Bonchev–Trinajstić information content (AvgIpc) is 2.60. The molecule has 5 heteroatoms. The molecule has 0 bridgehead atoms. The van der Waals surface area contributed by atoms with Gasteiger partial charge in [0.1, 0.15) is 0 Å². The molecule has 0 aromatic heterocycles. The van der Waals surface area contributed by atoms with Crippen LogP contribution in [0.5, 0.6) is 0 Å².